The fraction of sp³-hybridized carbons (Fsp3) is 0. The van der Waals surface area contributed by atoms with Gasteiger partial charge in [0, 0.05) is 10.8 Å². The monoisotopic (exact) mass is 588 g/mol. The molecule has 0 saturated carbocycles. The second-order valence-corrected chi connectivity index (χ2v) is 10.4. The van der Waals surface area contributed by atoms with Crippen molar-refractivity contribution in [2.24, 2.45) is 0 Å². The summed E-state index contributed by atoms with van der Waals surface area (Å²) in [6.07, 6.45) is 0. The van der Waals surface area contributed by atoms with Gasteiger partial charge in [-0.05, 0) is 84.2 Å². The predicted octanol–water partition coefficient (Wildman–Crippen LogP) is 12.6. The van der Waals surface area contributed by atoms with Crippen LogP contribution >= 0.6 is 0 Å². The number of rotatable bonds is 4. The van der Waals surface area contributed by atoms with Crippen LogP contribution < -0.4 is 0 Å². The molecule has 0 fully saturated rings. The maximum absolute atomic E-state index is 9.54. The van der Waals surface area contributed by atoms with Gasteiger partial charge in [0.25, 0.3) is 0 Å². The van der Waals surface area contributed by atoms with Crippen molar-refractivity contribution in [1.82, 2.24) is 0 Å². The van der Waals surface area contributed by atoms with Crippen LogP contribution in [0.2, 0.25) is 0 Å². The highest BCUT2D eigenvalue weighted by Gasteiger charge is 2.21. The number of fused-ring (bicyclic) bond motifs is 5. The maximum atomic E-state index is 9.54. The summed E-state index contributed by atoms with van der Waals surface area (Å²) in [6, 6.07) is 12.5. The van der Waals surface area contributed by atoms with E-state index in [2.05, 4.69) is 0 Å². The van der Waals surface area contributed by atoms with Crippen LogP contribution in [-0.2, 0) is 0 Å². The Hall–Kier alpha value is -5.92. The van der Waals surface area contributed by atoms with E-state index in [0.717, 1.165) is 0 Å². The Kier molecular flexibility index (Phi) is 3.28. The third kappa shape index (κ3) is 4.09. The Morgan fingerprint density at radius 3 is 1.51 bits per heavy atom. The van der Waals surface area contributed by atoms with E-state index in [1.165, 1.54) is 0 Å². The summed E-state index contributed by atoms with van der Waals surface area (Å²) in [5.41, 5.74) is 0.816. The summed E-state index contributed by atoms with van der Waals surface area (Å²) in [5, 5.41) is 2.22. The Labute approximate surface area is 284 Å². The first-order valence-electron chi connectivity index (χ1n) is 22.1. The quantitative estimate of drug-likeness (QED) is 0.186. The molecule has 9 aromatic rings. The highest BCUT2D eigenvalue weighted by Crippen LogP contribution is 2.48. The van der Waals surface area contributed by atoms with Gasteiger partial charge in [0.1, 0.15) is 11.2 Å². The Bertz CT molecular complexity index is 3330. The van der Waals surface area contributed by atoms with Crippen LogP contribution in [0.15, 0.2) is 174 Å². The highest BCUT2D eigenvalue weighted by atomic mass is 16.3. The van der Waals surface area contributed by atoms with E-state index in [4.69, 9.17) is 25.0 Å². The largest absolute Gasteiger partial charge is 0.456 e. The van der Waals surface area contributed by atoms with E-state index in [1.54, 1.807) is 42.5 Å². The zero-order valence-corrected chi connectivity index (χ0v) is 23.3. The molecule has 0 atom stereocenters. The summed E-state index contributed by atoms with van der Waals surface area (Å²) >= 11 is 0. The molecule has 45 heavy (non-hydrogen) atoms. The molecule has 0 N–H and O–H groups in total. The molecular weight excluding hydrogens is 544 g/mol. The first-order chi connectivity index (χ1) is 29.0. The summed E-state index contributed by atoms with van der Waals surface area (Å²) in [6.45, 7) is 0. The molecule has 1 aromatic heterocycles. The van der Waals surface area contributed by atoms with Crippen LogP contribution in [0.4, 0.5) is 0 Å². The minimum atomic E-state index is -0.697. The van der Waals surface area contributed by atoms with Gasteiger partial charge in [-0.2, -0.15) is 0 Å². The SMILES string of the molecule is [2H]c1c([2H])c([2H])c(-c2cccc(-c3c4ccccc4c(-c4c([2H])c([2H])c([2H])c5oc6c([2H])c([2H])c([2H])c(-c7c([2H])c([2H])c([2H])c([2H])c7[2H])c6c45)c4ccccc34)c2)c([2H])c1[2H]. The first-order valence-corrected chi connectivity index (χ1v) is 14.1. The molecule has 0 saturated heterocycles. The summed E-state index contributed by atoms with van der Waals surface area (Å²) < 4.78 is 145. The Balaban J connectivity index is 1.46. The molecule has 1 heterocycles. The number of furan rings is 1. The van der Waals surface area contributed by atoms with Crippen LogP contribution in [0.1, 0.15) is 21.9 Å². The molecule has 0 aliphatic heterocycles. The maximum Gasteiger partial charge on any atom is 0.136 e. The lowest BCUT2D eigenvalue weighted by Gasteiger charge is -2.19. The van der Waals surface area contributed by atoms with Crippen molar-refractivity contribution in [1.29, 1.82) is 0 Å². The molecule has 9 rings (SSSR count). The van der Waals surface area contributed by atoms with Gasteiger partial charge in [-0.25, -0.2) is 0 Å². The minimum Gasteiger partial charge on any atom is -0.456 e. The van der Waals surface area contributed by atoms with Crippen molar-refractivity contribution >= 4 is 43.5 Å². The Morgan fingerprint density at radius 2 is 0.889 bits per heavy atom. The third-order valence-electron chi connectivity index (χ3n) is 8.01. The summed E-state index contributed by atoms with van der Waals surface area (Å²) in [7, 11) is 0. The molecule has 1 nitrogen and oxygen atoms in total. The van der Waals surface area contributed by atoms with Gasteiger partial charge in [0.05, 0.1) is 21.9 Å². The molecular formula is C44H28O. The van der Waals surface area contributed by atoms with E-state index >= 15 is 0 Å². The van der Waals surface area contributed by atoms with Gasteiger partial charge in [-0.15, -0.1) is 0 Å². The molecule has 0 unspecified atom stereocenters. The molecule has 210 valence electrons. The standard InChI is InChI=1S/C44H28O/c1-3-14-29(15-4-1)31-18-11-19-32(28-31)41-34-20-7-9-22-36(34)42(37-23-10-8-21-35(37)41)38-25-13-27-40-44(38)43-33(24-12-26-39(43)45-40)30-16-5-2-6-17-30/h1-28H/i1D,2D,3D,4D,5D,6D,12D,13D,14D,15D,16D,17D,24D,25D,26D,27D. The molecule has 0 bridgehead atoms. The van der Waals surface area contributed by atoms with Gasteiger partial charge in [0.15, 0.2) is 0 Å². The molecule has 8 aromatic carbocycles. The summed E-state index contributed by atoms with van der Waals surface area (Å²) in [5.74, 6) is 0. The normalized spacial score (nSPS) is 16.5. The molecule has 0 radical (unpaired) electrons. The first kappa shape index (κ1) is 14.2. The molecule has 0 aliphatic carbocycles. The van der Waals surface area contributed by atoms with Crippen molar-refractivity contribution in [3.63, 3.8) is 0 Å². The van der Waals surface area contributed by atoms with Crippen molar-refractivity contribution in [3.8, 4) is 44.5 Å². The van der Waals surface area contributed by atoms with E-state index in [0.29, 0.717) is 43.8 Å². The fourth-order valence-electron chi connectivity index (χ4n) is 6.19. The zero-order valence-electron chi connectivity index (χ0n) is 39.3. The molecule has 0 spiro atoms. The van der Waals surface area contributed by atoms with Crippen molar-refractivity contribution in [2.75, 3.05) is 0 Å². The van der Waals surface area contributed by atoms with E-state index < -0.39 is 90.2 Å². The van der Waals surface area contributed by atoms with E-state index in [-0.39, 0.29) is 50.7 Å². The molecule has 1 heteroatoms. The van der Waals surface area contributed by atoms with Crippen LogP contribution in [0.5, 0.6) is 0 Å². The van der Waals surface area contributed by atoms with Gasteiger partial charge < -0.3 is 4.42 Å². The lowest BCUT2D eigenvalue weighted by atomic mass is 9.84. The number of hydrogen-bond donors (Lipinski definition) is 0. The lowest BCUT2D eigenvalue weighted by Crippen LogP contribution is -1.92. The highest BCUT2D eigenvalue weighted by molar-refractivity contribution is 6.27. The van der Waals surface area contributed by atoms with Crippen LogP contribution in [0, 0.1) is 0 Å². The van der Waals surface area contributed by atoms with Gasteiger partial charge in [-0.1, -0.05) is 151 Å². The van der Waals surface area contributed by atoms with Crippen molar-refractivity contribution < 1.29 is 26.3 Å². The fourth-order valence-corrected chi connectivity index (χ4v) is 6.19. The van der Waals surface area contributed by atoms with E-state index in [1.807, 2.05) is 30.3 Å². The van der Waals surface area contributed by atoms with E-state index in [9.17, 15) is 1.37 Å². The van der Waals surface area contributed by atoms with Crippen LogP contribution in [0.25, 0.3) is 88.0 Å². The van der Waals surface area contributed by atoms with Crippen molar-refractivity contribution in [2.45, 2.75) is 0 Å². The third-order valence-corrected chi connectivity index (χ3v) is 8.01. The number of hydrogen-bond acceptors (Lipinski definition) is 1. The average Bonchev–Trinajstić information content (AvgIpc) is 3.66. The summed E-state index contributed by atoms with van der Waals surface area (Å²) in [4.78, 5) is 0. The van der Waals surface area contributed by atoms with Crippen LogP contribution in [-0.4, -0.2) is 0 Å². The molecule has 0 aliphatic rings. The van der Waals surface area contributed by atoms with Gasteiger partial charge in [-0.3, -0.25) is 0 Å². The lowest BCUT2D eigenvalue weighted by molar-refractivity contribution is 0.669. The van der Waals surface area contributed by atoms with Gasteiger partial charge in [0.2, 0.25) is 0 Å². The average molecular weight is 589 g/mol. The molecule has 0 amide bonds. The number of benzene rings is 8. The van der Waals surface area contributed by atoms with Crippen LogP contribution in [0.3, 0.4) is 0 Å². The predicted molar refractivity (Wildman–Crippen MR) is 190 cm³/mol. The van der Waals surface area contributed by atoms with Crippen molar-refractivity contribution in [3.05, 3.63) is 169 Å². The minimum absolute atomic E-state index is 0.0175. The second-order valence-electron chi connectivity index (χ2n) is 10.4. The smallest absolute Gasteiger partial charge is 0.136 e. The zero-order chi connectivity index (χ0) is 43.7. The van der Waals surface area contributed by atoms with Gasteiger partial charge >= 0.3 is 0 Å². The topological polar surface area (TPSA) is 13.1 Å². The second kappa shape index (κ2) is 10.4. The Morgan fingerprint density at radius 1 is 0.378 bits per heavy atom.